The van der Waals surface area contributed by atoms with Crippen molar-refractivity contribution >= 4 is 6.09 Å². The number of piperidine rings is 1. The average molecular weight is 303 g/mol. The minimum atomic E-state index is -0.484. The molecule has 1 unspecified atom stereocenters. The maximum absolute atomic E-state index is 11.9. The fraction of sp³-hybridized carbons (Fsp3) is 0.933. The van der Waals surface area contributed by atoms with E-state index in [1.807, 2.05) is 20.8 Å². The molecule has 0 aromatic carbocycles. The summed E-state index contributed by atoms with van der Waals surface area (Å²) in [5.41, 5.74) is -0.470. The molecule has 0 aromatic rings. The van der Waals surface area contributed by atoms with E-state index in [0.717, 1.165) is 12.8 Å². The van der Waals surface area contributed by atoms with Crippen LogP contribution in [0.25, 0.3) is 0 Å². The number of carbonyl (C=O) groups excluding carboxylic acids is 1. The SMILES string of the molecule is COCCOCC(O)C1CCN(C(=O)OC(C)(C)C)CC1. The highest BCUT2D eigenvalue weighted by Gasteiger charge is 2.29. The van der Waals surface area contributed by atoms with Gasteiger partial charge >= 0.3 is 6.09 Å². The van der Waals surface area contributed by atoms with Crippen molar-refractivity contribution in [3.8, 4) is 0 Å². The molecular formula is C15H29NO5. The summed E-state index contributed by atoms with van der Waals surface area (Å²) in [5, 5.41) is 10.1. The Hall–Kier alpha value is -0.850. The number of aliphatic hydroxyl groups excluding tert-OH is 1. The summed E-state index contributed by atoms with van der Waals surface area (Å²) in [5.74, 6) is 0.172. The Kier molecular flexibility index (Phi) is 7.42. The highest BCUT2D eigenvalue weighted by Crippen LogP contribution is 2.22. The van der Waals surface area contributed by atoms with Crippen LogP contribution >= 0.6 is 0 Å². The molecule has 124 valence electrons. The van der Waals surface area contributed by atoms with E-state index in [0.29, 0.717) is 32.9 Å². The Labute approximate surface area is 127 Å². The summed E-state index contributed by atoms with van der Waals surface area (Å²) in [4.78, 5) is 13.6. The molecule has 1 heterocycles. The van der Waals surface area contributed by atoms with Crippen molar-refractivity contribution < 1.29 is 24.1 Å². The highest BCUT2D eigenvalue weighted by atomic mass is 16.6. The van der Waals surface area contributed by atoms with Crippen LogP contribution in [0.4, 0.5) is 4.79 Å². The van der Waals surface area contributed by atoms with Gasteiger partial charge in [0.15, 0.2) is 0 Å². The molecular weight excluding hydrogens is 274 g/mol. The van der Waals surface area contributed by atoms with Crippen molar-refractivity contribution in [2.75, 3.05) is 40.0 Å². The molecule has 1 saturated heterocycles. The van der Waals surface area contributed by atoms with E-state index >= 15 is 0 Å². The molecule has 1 fully saturated rings. The number of carbonyl (C=O) groups is 1. The lowest BCUT2D eigenvalue weighted by Crippen LogP contribution is -2.44. The van der Waals surface area contributed by atoms with E-state index in [1.165, 1.54) is 0 Å². The lowest BCUT2D eigenvalue weighted by molar-refractivity contribution is -0.0287. The van der Waals surface area contributed by atoms with E-state index in [9.17, 15) is 9.90 Å². The maximum atomic E-state index is 11.9. The first-order chi connectivity index (χ1) is 9.83. The van der Waals surface area contributed by atoms with Crippen LogP contribution in [-0.2, 0) is 14.2 Å². The average Bonchev–Trinajstić information content (AvgIpc) is 2.41. The lowest BCUT2D eigenvalue weighted by Gasteiger charge is -2.35. The van der Waals surface area contributed by atoms with E-state index in [1.54, 1.807) is 12.0 Å². The normalized spacial score (nSPS) is 18.6. The van der Waals surface area contributed by atoms with Gasteiger partial charge < -0.3 is 24.2 Å². The van der Waals surface area contributed by atoms with Crippen molar-refractivity contribution in [1.82, 2.24) is 4.90 Å². The second-order valence-electron chi connectivity index (χ2n) is 6.44. The molecule has 0 aliphatic carbocycles. The number of amides is 1. The molecule has 1 rings (SSSR count). The molecule has 0 aromatic heterocycles. The van der Waals surface area contributed by atoms with Gasteiger partial charge in [0.05, 0.1) is 25.9 Å². The number of hydrogen-bond donors (Lipinski definition) is 1. The molecule has 0 radical (unpaired) electrons. The molecule has 21 heavy (non-hydrogen) atoms. The predicted octanol–water partition coefficient (Wildman–Crippen LogP) is 1.66. The number of hydrogen-bond acceptors (Lipinski definition) is 5. The maximum Gasteiger partial charge on any atom is 0.410 e. The summed E-state index contributed by atoms with van der Waals surface area (Å²) >= 11 is 0. The van der Waals surface area contributed by atoms with E-state index < -0.39 is 11.7 Å². The first-order valence-electron chi connectivity index (χ1n) is 7.56. The van der Waals surface area contributed by atoms with Crippen LogP contribution in [0.1, 0.15) is 33.6 Å². The van der Waals surface area contributed by atoms with Crippen molar-refractivity contribution in [3.05, 3.63) is 0 Å². The van der Waals surface area contributed by atoms with Crippen LogP contribution < -0.4 is 0 Å². The van der Waals surface area contributed by atoms with Gasteiger partial charge in [0, 0.05) is 20.2 Å². The first-order valence-corrected chi connectivity index (χ1v) is 7.56. The van der Waals surface area contributed by atoms with Gasteiger partial charge in [-0.3, -0.25) is 0 Å². The number of rotatable bonds is 6. The largest absolute Gasteiger partial charge is 0.444 e. The van der Waals surface area contributed by atoms with Gasteiger partial charge in [0.2, 0.25) is 0 Å². The van der Waals surface area contributed by atoms with Crippen LogP contribution in [0.15, 0.2) is 0 Å². The van der Waals surface area contributed by atoms with Crippen molar-refractivity contribution in [2.24, 2.45) is 5.92 Å². The zero-order valence-corrected chi connectivity index (χ0v) is 13.6. The van der Waals surface area contributed by atoms with Crippen LogP contribution in [0, 0.1) is 5.92 Å². The summed E-state index contributed by atoms with van der Waals surface area (Å²) < 4.78 is 15.6. The number of aliphatic hydroxyl groups is 1. The Balaban J connectivity index is 2.26. The predicted molar refractivity (Wildman–Crippen MR) is 79.2 cm³/mol. The molecule has 1 aliphatic heterocycles. The third-order valence-electron chi connectivity index (χ3n) is 3.46. The molecule has 6 heteroatoms. The third kappa shape index (κ3) is 7.11. The fourth-order valence-electron chi connectivity index (χ4n) is 2.28. The molecule has 1 N–H and O–H groups in total. The van der Waals surface area contributed by atoms with Gasteiger partial charge in [-0.1, -0.05) is 0 Å². The Morgan fingerprint density at radius 3 is 2.43 bits per heavy atom. The van der Waals surface area contributed by atoms with E-state index in [4.69, 9.17) is 14.2 Å². The zero-order valence-electron chi connectivity index (χ0n) is 13.6. The van der Waals surface area contributed by atoms with Crippen LogP contribution in [0.2, 0.25) is 0 Å². The first kappa shape index (κ1) is 18.2. The van der Waals surface area contributed by atoms with Gasteiger partial charge in [-0.15, -0.1) is 0 Å². The molecule has 1 atom stereocenters. The van der Waals surface area contributed by atoms with Crippen LogP contribution in [0.5, 0.6) is 0 Å². The second-order valence-corrected chi connectivity index (χ2v) is 6.44. The minimum Gasteiger partial charge on any atom is -0.444 e. The summed E-state index contributed by atoms with van der Waals surface area (Å²) in [7, 11) is 1.62. The Morgan fingerprint density at radius 2 is 1.90 bits per heavy atom. The zero-order chi connectivity index (χ0) is 15.9. The molecule has 1 amide bonds. The van der Waals surface area contributed by atoms with Crippen LogP contribution in [-0.4, -0.2) is 67.8 Å². The topological polar surface area (TPSA) is 68.2 Å². The van der Waals surface area contributed by atoms with Crippen molar-refractivity contribution in [3.63, 3.8) is 0 Å². The fourth-order valence-corrected chi connectivity index (χ4v) is 2.28. The van der Waals surface area contributed by atoms with Gasteiger partial charge in [-0.2, -0.15) is 0 Å². The number of methoxy groups -OCH3 is 1. The quantitative estimate of drug-likeness (QED) is 0.756. The van der Waals surface area contributed by atoms with Gasteiger partial charge in [-0.25, -0.2) is 4.79 Å². The molecule has 0 saturated carbocycles. The second kappa shape index (κ2) is 8.56. The van der Waals surface area contributed by atoms with Gasteiger partial charge in [0.1, 0.15) is 5.60 Å². The molecule has 6 nitrogen and oxygen atoms in total. The third-order valence-corrected chi connectivity index (χ3v) is 3.46. The van der Waals surface area contributed by atoms with Gasteiger partial charge in [-0.05, 0) is 39.5 Å². The molecule has 1 aliphatic rings. The van der Waals surface area contributed by atoms with E-state index in [2.05, 4.69) is 0 Å². The van der Waals surface area contributed by atoms with Crippen LogP contribution in [0.3, 0.4) is 0 Å². The number of likely N-dealkylation sites (tertiary alicyclic amines) is 1. The standard InChI is InChI=1S/C15H29NO5/c1-15(2,3)21-14(18)16-7-5-12(6-8-16)13(17)11-20-10-9-19-4/h12-13,17H,5-11H2,1-4H3. The smallest absolute Gasteiger partial charge is 0.410 e. The Bertz CT molecular complexity index is 308. The number of nitrogens with zero attached hydrogens (tertiary/aromatic N) is 1. The summed E-state index contributed by atoms with van der Waals surface area (Å²) in [6, 6.07) is 0. The van der Waals surface area contributed by atoms with Gasteiger partial charge in [0.25, 0.3) is 0 Å². The van der Waals surface area contributed by atoms with Crippen molar-refractivity contribution in [2.45, 2.75) is 45.3 Å². The lowest BCUT2D eigenvalue weighted by atomic mass is 9.92. The molecule has 0 spiro atoms. The highest BCUT2D eigenvalue weighted by molar-refractivity contribution is 5.68. The minimum absolute atomic E-state index is 0.172. The molecule has 0 bridgehead atoms. The number of ether oxygens (including phenoxy) is 3. The summed E-state index contributed by atoms with van der Waals surface area (Å²) in [6.45, 7) is 8.16. The summed E-state index contributed by atoms with van der Waals surface area (Å²) in [6.07, 6.45) is 0.789. The monoisotopic (exact) mass is 303 g/mol. The Morgan fingerprint density at radius 1 is 1.29 bits per heavy atom. The van der Waals surface area contributed by atoms with Crippen molar-refractivity contribution in [1.29, 1.82) is 0 Å². The van der Waals surface area contributed by atoms with E-state index in [-0.39, 0.29) is 12.0 Å².